The molecule has 21 heavy (non-hydrogen) atoms. The summed E-state index contributed by atoms with van der Waals surface area (Å²) in [5.41, 5.74) is 1.44. The Kier molecular flexibility index (Phi) is 4.77. The predicted octanol–water partition coefficient (Wildman–Crippen LogP) is 4.05. The number of rotatable bonds is 5. The van der Waals surface area contributed by atoms with Gasteiger partial charge in [-0.15, -0.1) is 0 Å². The molecule has 0 saturated heterocycles. The van der Waals surface area contributed by atoms with Crippen LogP contribution in [0.4, 0.5) is 5.69 Å². The average Bonchev–Trinajstić information content (AvgIpc) is 2.52. The number of nitro benzene ring substituents is 1. The van der Waals surface area contributed by atoms with Crippen LogP contribution in [0.1, 0.15) is 15.9 Å². The van der Waals surface area contributed by atoms with Crippen molar-refractivity contribution >= 4 is 17.5 Å². The minimum atomic E-state index is -0.493. The Bertz CT molecular complexity index is 686. The minimum Gasteiger partial charge on any atom is -0.289 e. The van der Waals surface area contributed by atoms with E-state index in [1.807, 2.05) is 36.4 Å². The highest BCUT2D eigenvalue weighted by Gasteiger charge is 2.06. The van der Waals surface area contributed by atoms with Gasteiger partial charge in [-0.2, -0.15) is 0 Å². The lowest BCUT2D eigenvalue weighted by Gasteiger charge is -1.95. The summed E-state index contributed by atoms with van der Waals surface area (Å²) in [5, 5.41) is 10.5. The van der Waals surface area contributed by atoms with Crippen LogP contribution in [0.3, 0.4) is 0 Å². The lowest BCUT2D eigenvalue weighted by Crippen LogP contribution is -1.94. The van der Waals surface area contributed by atoms with E-state index in [1.54, 1.807) is 12.2 Å². The van der Waals surface area contributed by atoms with Crippen molar-refractivity contribution < 1.29 is 9.72 Å². The largest absolute Gasteiger partial charge is 0.289 e. The third-order valence-electron chi connectivity index (χ3n) is 2.81. The standard InChI is InChI=1S/C17H13NO3/c19-17(15-10-12-16(13-11-15)18(20)21)9-5-4-8-14-6-2-1-3-7-14/h1-13H/b8-4+,9-5-. The number of non-ortho nitro benzene ring substituents is 1. The SMILES string of the molecule is O=C(/C=C\C=C\c1ccccc1)c1ccc([N+](=O)[O-])cc1. The summed E-state index contributed by atoms with van der Waals surface area (Å²) in [6, 6.07) is 15.3. The van der Waals surface area contributed by atoms with Crippen molar-refractivity contribution in [3.8, 4) is 0 Å². The molecule has 0 aliphatic heterocycles. The van der Waals surface area contributed by atoms with Crippen LogP contribution >= 0.6 is 0 Å². The second-order valence-corrected chi connectivity index (χ2v) is 4.30. The van der Waals surface area contributed by atoms with Gasteiger partial charge < -0.3 is 0 Å². The normalized spacial score (nSPS) is 11.0. The number of hydrogen-bond donors (Lipinski definition) is 0. The zero-order valence-electron chi connectivity index (χ0n) is 11.2. The van der Waals surface area contributed by atoms with Crippen molar-refractivity contribution in [2.45, 2.75) is 0 Å². The zero-order chi connectivity index (χ0) is 15.1. The molecule has 4 nitrogen and oxygen atoms in total. The van der Waals surface area contributed by atoms with Gasteiger partial charge in [0, 0.05) is 17.7 Å². The Balaban J connectivity index is 1.99. The van der Waals surface area contributed by atoms with Crippen molar-refractivity contribution in [3.63, 3.8) is 0 Å². The first-order valence-electron chi connectivity index (χ1n) is 6.35. The summed E-state index contributed by atoms with van der Waals surface area (Å²) in [5.74, 6) is -0.192. The molecular weight excluding hydrogens is 266 g/mol. The van der Waals surface area contributed by atoms with Gasteiger partial charge in [0.15, 0.2) is 5.78 Å². The van der Waals surface area contributed by atoms with Crippen molar-refractivity contribution in [3.05, 3.63) is 94.1 Å². The number of ketones is 1. The highest BCUT2D eigenvalue weighted by Crippen LogP contribution is 2.12. The van der Waals surface area contributed by atoms with Crippen LogP contribution in [0.2, 0.25) is 0 Å². The van der Waals surface area contributed by atoms with Crippen LogP contribution in [0.25, 0.3) is 6.08 Å². The van der Waals surface area contributed by atoms with Crippen LogP contribution in [-0.4, -0.2) is 10.7 Å². The Morgan fingerprint density at radius 1 is 0.952 bits per heavy atom. The second-order valence-electron chi connectivity index (χ2n) is 4.30. The molecule has 0 amide bonds. The number of carbonyl (C=O) groups excluding carboxylic acids is 1. The fraction of sp³-hybridized carbons (Fsp3) is 0. The molecule has 0 N–H and O–H groups in total. The van der Waals surface area contributed by atoms with E-state index in [2.05, 4.69) is 0 Å². The van der Waals surface area contributed by atoms with Gasteiger partial charge in [0.05, 0.1) is 4.92 Å². The van der Waals surface area contributed by atoms with E-state index in [0.29, 0.717) is 5.56 Å². The molecule has 2 aromatic rings. The third-order valence-corrected chi connectivity index (χ3v) is 2.81. The Labute approximate surface area is 122 Å². The fourth-order valence-corrected chi connectivity index (χ4v) is 1.72. The quantitative estimate of drug-likeness (QED) is 0.273. The van der Waals surface area contributed by atoms with Gasteiger partial charge in [-0.1, -0.05) is 48.6 Å². The Morgan fingerprint density at radius 2 is 1.62 bits per heavy atom. The molecule has 0 bridgehead atoms. The van der Waals surface area contributed by atoms with E-state index in [1.165, 1.54) is 30.3 Å². The van der Waals surface area contributed by atoms with Gasteiger partial charge in [-0.25, -0.2) is 0 Å². The minimum absolute atomic E-state index is 0.0282. The first-order valence-corrected chi connectivity index (χ1v) is 6.35. The molecule has 2 aromatic carbocycles. The topological polar surface area (TPSA) is 60.2 Å². The van der Waals surface area contributed by atoms with Gasteiger partial charge in [0.2, 0.25) is 0 Å². The average molecular weight is 279 g/mol. The number of nitro groups is 1. The van der Waals surface area contributed by atoms with E-state index >= 15 is 0 Å². The van der Waals surface area contributed by atoms with Crippen LogP contribution in [-0.2, 0) is 0 Å². The maximum atomic E-state index is 11.8. The molecule has 2 rings (SSSR count). The molecule has 0 aliphatic carbocycles. The first kappa shape index (κ1) is 14.4. The highest BCUT2D eigenvalue weighted by atomic mass is 16.6. The molecule has 0 spiro atoms. The van der Waals surface area contributed by atoms with E-state index < -0.39 is 4.92 Å². The van der Waals surface area contributed by atoms with Gasteiger partial charge >= 0.3 is 0 Å². The molecule has 0 aromatic heterocycles. The molecule has 0 saturated carbocycles. The number of hydrogen-bond acceptors (Lipinski definition) is 3. The van der Waals surface area contributed by atoms with Crippen LogP contribution in [0, 0.1) is 10.1 Å². The Morgan fingerprint density at radius 3 is 2.24 bits per heavy atom. The van der Waals surface area contributed by atoms with Gasteiger partial charge in [0.25, 0.3) is 5.69 Å². The summed E-state index contributed by atoms with van der Waals surface area (Å²) in [6.07, 6.45) is 6.75. The molecule has 0 aliphatic rings. The molecule has 0 unspecified atom stereocenters. The molecular formula is C17H13NO3. The Hall–Kier alpha value is -3.01. The van der Waals surface area contributed by atoms with E-state index in [-0.39, 0.29) is 11.5 Å². The van der Waals surface area contributed by atoms with Crippen molar-refractivity contribution in [1.82, 2.24) is 0 Å². The summed E-state index contributed by atoms with van der Waals surface area (Å²) in [6.45, 7) is 0. The maximum absolute atomic E-state index is 11.8. The highest BCUT2D eigenvalue weighted by molar-refractivity contribution is 6.04. The van der Waals surface area contributed by atoms with Crippen LogP contribution in [0.15, 0.2) is 72.8 Å². The van der Waals surface area contributed by atoms with Crippen molar-refractivity contribution in [2.75, 3.05) is 0 Å². The monoisotopic (exact) mass is 279 g/mol. The predicted molar refractivity (Wildman–Crippen MR) is 82.0 cm³/mol. The molecule has 0 heterocycles. The van der Waals surface area contributed by atoms with E-state index in [9.17, 15) is 14.9 Å². The van der Waals surface area contributed by atoms with Gasteiger partial charge in [0.1, 0.15) is 0 Å². The third kappa shape index (κ3) is 4.24. The summed E-state index contributed by atoms with van der Waals surface area (Å²) < 4.78 is 0. The van der Waals surface area contributed by atoms with Gasteiger partial charge in [-0.3, -0.25) is 14.9 Å². The van der Waals surface area contributed by atoms with Crippen LogP contribution in [0.5, 0.6) is 0 Å². The molecule has 0 radical (unpaired) electrons. The summed E-state index contributed by atoms with van der Waals surface area (Å²) in [7, 11) is 0. The van der Waals surface area contributed by atoms with Crippen LogP contribution < -0.4 is 0 Å². The first-order chi connectivity index (χ1) is 10.2. The van der Waals surface area contributed by atoms with Gasteiger partial charge in [-0.05, 0) is 23.8 Å². The molecule has 104 valence electrons. The maximum Gasteiger partial charge on any atom is 0.269 e. The smallest absolute Gasteiger partial charge is 0.269 e. The number of carbonyl (C=O) groups is 1. The molecule has 4 heteroatoms. The molecule has 0 fully saturated rings. The summed E-state index contributed by atoms with van der Waals surface area (Å²) in [4.78, 5) is 21.9. The van der Waals surface area contributed by atoms with E-state index in [4.69, 9.17) is 0 Å². The van der Waals surface area contributed by atoms with Crippen molar-refractivity contribution in [1.29, 1.82) is 0 Å². The zero-order valence-corrected chi connectivity index (χ0v) is 11.2. The summed E-state index contributed by atoms with van der Waals surface area (Å²) >= 11 is 0. The lowest BCUT2D eigenvalue weighted by molar-refractivity contribution is -0.384. The number of benzene rings is 2. The van der Waals surface area contributed by atoms with Crippen molar-refractivity contribution in [2.24, 2.45) is 0 Å². The van der Waals surface area contributed by atoms with E-state index in [0.717, 1.165) is 5.56 Å². The molecule has 0 atom stereocenters. The fourth-order valence-electron chi connectivity index (χ4n) is 1.72. The number of allylic oxidation sites excluding steroid dienone is 3. The number of nitrogens with zero attached hydrogens (tertiary/aromatic N) is 1. The second kappa shape index (κ2) is 6.96. The lowest BCUT2D eigenvalue weighted by atomic mass is 10.1.